The van der Waals surface area contributed by atoms with Crippen molar-refractivity contribution in [1.82, 2.24) is 10.2 Å². The molecule has 3 aromatic rings. The fourth-order valence-electron chi connectivity index (χ4n) is 4.21. The van der Waals surface area contributed by atoms with Crippen LogP contribution in [0.4, 0.5) is 5.69 Å². The van der Waals surface area contributed by atoms with E-state index in [4.69, 9.17) is 21.1 Å². The third-order valence-electron chi connectivity index (χ3n) is 6.27. The highest BCUT2D eigenvalue weighted by molar-refractivity contribution is 7.92. The van der Waals surface area contributed by atoms with Gasteiger partial charge in [-0.2, -0.15) is 0 Å². The smallest absolute Gasteiger partial charge is 0.264 e. The number of halogens is 1. The maximum Gasteiger partial charge on any atom is 0.264 e. The second-order valence-electron chi connectivity index (χ2n) is 10.7. The normalized spacial score (nSPS) is 12.3. The first-order valence-electron chi connectivity index (χ1n) is 13.5. The first-order chi connectivity index (χ1) is 19.8. The second kappa shape index (κ2) is 13.9. The molecule has 9 nitrogen and oxygen atoms in total. The van der Waals surface area contributed by atoms with Crippen LogP contribution in [0.3, 0.4) is 0 Å². The summed E-state index contributed by atoms with van der Waals surface area (Å²) in [5, 5.41) is 3.28. The molecule has 0 fully saturated rings. The maximum atomic E-state index is 14.1. The number of hydrogen-bond acceptors (Lipinski definition) is 6. The van der Waals surface area contributed by atoms with E-state index in [2.05, 4.69) is 5.32 Å². The zero-order valence-electron chi connectivity index (χ0n) is 24.8. The number of methoxy groups -OCH3 is 1. The van der Waals surface area contributed by atoms with Crippen molar-refractivity contribution < 1.29 is 27.5 Å². The number of amides is 2. The molecule has 42 heavy (non-hydrogen) atoms. The quantitative estimate of drug-likeness (QED) is 0.297. The van der Waals surface area contributed by atoms with E-state index < -0.39 is 34.1 Å². The third kappa shape index (κ3) is 8.39. The fourth-order valence-corrected chi connectivity index (χ4v) is 5.76. The summed E-state index contributed by atoms with van der Waals surface area (Å²) in [7, 11) is -2.73. The highest BCUT2D eigenvalue weighted by Crippen LogP contribution is 2.33. The van der Waals surface area contributed by atoms with Gasteiger partial charge in [-0.25, -0.2) is 8.42 Å². The molecular weight excluding hydrogens is 578 g/mol. The molecule has 0 radical (unpaired) electrons. The molecule has 0 aliphatic rings. The van der Waals surface area contributed by atoms with Gasteiger partial charge in [-0.3, -0.25) is 13.9 Å². The highest BCUT2D eigenvalue weighted by atomic mass is 35.5. The van der Waals surface area contributed by atoms with E-state index in [1.54, 1.807) is 56.3 Å². The molecule has 11 heteroatoms. The molecule has 0 aromatic heterocycles. The van der Waals surface area contributed by atoms with Crippen molar-refractivity contribution in [2.75, 3.05) is 24.6 Å². The summed E-state index contributed by atoms with van der Waals surface area (Å²) in [6, 6.07) is 18.5. The van der Waals surface area contributed by atoms with Crippen LogP contribution < -0.4 is 19.1 Å². The molecule has 1 N–H and O–H groups in total. The largest absolute Gasteiger partial charge is 0.497 e. The van der Waals surface area contributed by atoms with Crippen LogP contribution in [-0.2, 0) is 26.2 Å². The van der Waals surface area contributed by atoms with Crippen molar-refractivity contribution in [3.63, 3.8) is 0 Å². The summed E-state index contributed by atoms with van der Waals surface area (Å²) in [5.74, 6) is -0.0775. The maximum absolute atomic E-state index is 14.1. The van der Waals surface area contributed by atoms with Gasteiger partial charge in [0.1, 0.15) is 24.1 Å². The number of carbonyl (C=O) groups is 2. The van der Waals surface area contributed by atoms with Crippen LogP contribution in [0, 0.1) is 0 Å². The van der Waals surface area contributed by atoms with Gasteiger partial charge in [-0.1, -0.05) is 35.9 Å². The number of sulfonamides is 1. The van der Waals surface area contributed by atoms with Gasteiger partial charge in [0, 0.05) is 17.1 Å². The summed E-state index contributed by atoms with van der Waals surface area (Å²) in [6.45, 7) is 8.66. The molecular formula is C31H38ClN3O6S. The molecule has 1 atom stereocenters. The Bertz CT molecular complexity index is 1490. The Hall–Kier alpha value is -3.76. The summed E-state index contributed by atoms with van der Waals surface area (Å²) in [5.41, 5.74) is 0.354. The number of benzene rings is 3. The standard InChI is InChI=1S/C31H38ClN3O6S/c1-7-41-28-14-9-8-13-27(28)35(42(38,39)26-17-15-24(32)16-18-26)21-29(36)34(22(2)30(37)33-31(3,4)5)20-23-11-10-12-25(19-23)40-6/h8-19,22H,7,20-21H2,1-6H3,(H,33,37). The molecule has 0 spiro atoms. The number of rotatable bonds is 12. The summed E-state index contributed by atoms with van der Waals surface area (Å²) in [4.78, 5) is 28.7. The lowest BCUT2D eigenvalue weighted by Crippen LogP contribution is -2.54. The zero-order chi connectivity index (χ0) is 31.1. The van der Waals surface area contributed by atoms with Crippen LogP contribution in [-0.4, -0.2) is 57.0 Å². The summed E-state index contributed by atoms with van der Waals surface area (Å²) < 4.78 is 40.2. The van der Waals surface area contributed by atoms with Gasteiger partial charge < -0.3 is 19.7 Å². The Balaban J connectivity index is 2.10. The molecule has 0 bridgehead atoms. The molecule has 0 saturated carbocycles. The van der Waals surface area contributed by atoms with Crippen molar-refractivity contribution >= 4 is 39.1 Å². The Morgan fingerprint density at radius 2 is 1.67 bits per heavy atom. The van der Waals surface area contributed by atoms with Crippen molar-refractivity contribution in [2.45, 2.75) is 57.6 Å². The Morgan fingerprint density at radius 1 is 1.00 bits per heavy atom. The van der Waals surface area contributed by atoms with Gasteiger partial charge in [-0.05, 0) is 88.7 Å². The zero-order valence-corrected chi connectivity index (χ0v) is 26.3. The molecule has 0 saturated heterocycles. The van der Waals surface area contributed by atoms with Crippen molar-refractivity contribution in [3.8, 4) is 11.5 Å². The van der Waals surface area contributed by atoms with E-state index in [0.29, 0.717) is 22.1 Å². The van der Waals surface area contributed by atoms with Crippen LogP contribution in [0.15, 0.2) is 77.7 Å². The lowest BCUT2D eigenvalue weighted by Gasteiger charge is -2.33. The number of hydrogen-bond donors (Lipinski definition) is 1. The number of carbonyl (C=O) groups excluding carboxylic acids is 2. The fraction of sp³-hybridized carbons (Fsp3) is 0.355. The van der Waals surface area contributed by atoms with Crippen molar-refractivity contribution in [1.29, 1.82) is 0 Å². The lowest BCUT2D eigenvalue weighted by molar-refractivity contribution is -0.140. The van der Waals surface area contributed by atoms with E-state index in [-0.39, 0.29) is 29.6 Å². The van der Waals surface area contributed by atoms with Crippen molar-refractivity contribution in [3.05, 3.63) is 83.4 Å². The number of nitrogens with one attached hydrogen (secondary N) is 1. The van der Waals surface area contributed by atoms with Gasteiger partial charge in [0.25, 0.3) is 10.0 Å². The molecule has 1 unspecified atom stereocenters. The summed E-state index contributed by atoms with van der Waals surface area (Å²) >= 11 is 6.02. The number of ether oxygens (including phenoxy) is 2. The van der Waals surface area contributed by atoms with Gasteiger partial charge in [0.2, 0.25) is 11.8 Å². The van der Waals surface area contributed by atoms with Gasteiger partial charge >= 0.3 is 0 Å². The van der Waals surface area contributed by atoms with Gasteiger partial charge in [-0.15, -0.1) is 0 Å². The minimum Gasteiger partial charge on any atom is -0.497 e. The Kier molecular flexibility index (Phi) is 10.9. The van der Waals surface area contributed by atoms with E-state index in [0.717, 1.165) is 4.31 Å². The first-order valence-corrected chi connectivity index (χ1v) is 15.3. The Morgan fingerprint density at radius 3 is 2.29 bits per heavy atom. The minimum atomic E-state index is -4.27. The topological polar surface area (TPSA) is 105 Å². The predicted octanol–water partition coefficient (Wildman–Crippen LogP) is 5.27. The van der Waals surface area contributed by atoms with E-state index in [1.807, 2.05) is 26.8 Å². The molecule has 0 aliphatic carbocycles. The van der Waals surface area contributed by atoms with Gasteiger partial charge in [0.05, 0.1) is 24.3 Å². The molecule has 0 aliphatic heterocycles. The highest BCUT2D eigenvalue weighted by Gasteiger charge is 2.34. The Labute approximate surface area is 253 Å². The second-order valence-corrected chi connectivity index (χ2v) is 13.0. The van der Waals surface area contributed by atoms with Gasteiger partial charge in [0.15, 0.2) is 0 Å². The molecule has 2 amide bonds. The van der Waals surface area contributed by atoms with Crippen LogP contribution in [0.2, 0.25) is 5.02 Å². The van der Waals surface area contributed by atoms with Crippen LogP contribution in [0.1, 0.15) is 40.2 Å². The van der Waals surface area contributed by atoms with E-state index in [1.165, 1.54) is 36.3 Å². The molecule has 0 heterocycles. The SMILES string of the molecule is CCOc1ccccc1N(CC(=O)N(Cc1cccc(OC)c1)C(C)C(=O)NC(C)(C)C)S(=O)(=O)c1ccc(Cl)cc1. The lowest BCUT2D eigenvalue weighted by atomic mass is 10.1. The number of nitrogens with zero attached hydrogens (tertiary/aromatic N) is 2. The van der Waals surface area contributed by atoms with Crippen LogP contribution in [0.5, 0.6) is 11.5 Å². The average molecular weight is 616 g/mol. The van der Waals surface area contributed by atoms with Crippen LogP contribution >= 0.6 is 11.6 Å². The van der Waals surface area contributed by atoms with Crippen LogP contribution in [0.25, 0.3) is 0 Å². The third-order valence-corrected chi connectivity index (χ3v) is 8.29. The predicted molar refractivity (Wildman–Crippen MR) is 164 cm³/mol. The minimum absolute atomic E-state index is 0.0384. The number of anilines is 1. The average Bonchev–Trinajstić information content (AvgIpc) is 2.94. The molecule has 3 rings (SSSR count). The van der Waals surface area contributed by atoms with E-state index >= 15 is 0 Å². The summed E-state index contributed by atoms with van der Waals surface area (Å²) in [6.07, 6.45) is 0. The number of para-hydroxylation sites is 2. The van der Waals surface area contributed by atoms with Crippen molar-refractivity contribution in [2.24, 2.45) is 0 Å². The first kappa shape index (κ1) is 32.8. The van der Waals surface area contributed by atoms with E-state index in [9.17, 15) is 18.0 Å². The monoisotopic (exact) mass is 615 g/mol. The molecule has 3 aromatic carbocycles. The molecule has 226 valence electrons.